The van der Waals surface area contributed by atoms with Gasteiger partial charge in [-0.2, -0.15) is 18.3 Å². The summed E-state index contributed by atoms with van der Waals surface area (Å²) in [5, 5.41) is 3.39. The maximum atomic E-state index is 12.7. The highest BCUT2D eigenvalue weighted by molar-refractivity contribution is 6.76. The summed E-state index contributed by atoms with van der Waals surface area (Å²) in [5.41, 5.74) is -1.58. The van der Waals surface area contributed by atoms with Gasteiger partial charge in [0.1, 0.15) is 6.73 Å². The number of rotatable bonds is 6. The molecule has 8 heteroatoms. The van der Waals surface area contributed by atoms with Crippen molar-refractivity contribution < 1.29 is 22.7 Å². The van der Waals surface area contributed by atoms with Crippen LogP contribution in [-0.2, 0) is 17.6 Å². The number of aromatic nitrogens is 2. The number of carbonyl (C=O) groups is 1. The molecule has 0 radical (unpaired) electrons. The van der Waals surface area contributed by atoms with E-state index in [0.717, 1.165) is 23.8 Å². The lowest BCUT2D eigenvalue weighted by atomic mass is 10.2. The second-order valence-electron chi connectivity index (χ2n) is 5.83. The topological polar surface area (TPSA) is 44.1 Å². The third-order valence-corrected chi connectivity index (χ3v) is 4.33. The number of carbonyl (C=O) groups excluding carboxylic acids is 1. The highest BCUT2D eigenvalue weighted by Crippen LogP contribution is 2.30. The maximum Gasteiger partial charge on any atom is 0.435 e. The van der Waals surface area contributed by atoms with Gasteiger partial charge in [0, 0.05) is 20.9 Å². The monoisotopic (exact) mass is 308 g/mol. The van der Waals surface area contributed by atoms with Gasteiger partial charge in [-0.1, -0.05) is 19.6 Å². The predicted octanol–water partition coefficient (Wildman–Crippen LogP) is 3.42. The van der Waals surface area contributed by atoms with Crippen LogP contribution >= 0.6 is 0 Å². The molecule has 0 unspecified atom stereocenters. The van der Waals surface area contributed by atoms with E-state index in [1.165, 1.54) is 0 Å². The molecule has 1 aromatic rings. The predicted molar refractivity (Wildman–Crippen MR) is 71.3 cm³/mol. The van der Waals surface area contributed by atoms with Crippen LogP contribution < -0.4 is 0 Å². The number of ether oxygens (including phenoxy) is 1. The standard InChI is InChI=1S/C12H19F3N2O2Si/c1-9(18)10-7-17(16-11(10)12(13,14)15)8-19-5-6-20(2,3)4/h7H,5-6,8H2,1-4H3. The van der Waals surface area contributed by atoms with E-state index in [-0.39, 0.29) is 6.73 Å². The van der Waals surface area contributed by atoms with Crippen molar-refractivity contribution >= 4 is 13.9 Å². The normalized spacial score (nSPS) is 12.8. The van der Waals surface area contributed by atoms with E-state index in [9.17, 15) is 18.0 Å². The molecule has 0 aromatic carbocycles. The van der Waals surface area contributed by atoms with E-state index in [1.807, 2.05) is 0 Å². The first-order valence-electron chi connectivity index (χ1n) is 6.24. The van der Waals surface area contributed by atoms with Gasteiger partial charge in [0.2, 0.25) is 0 Å². The zero-order valence-electron chi connectivity index (χ0n) is 12.0. The molecule has 0 atom stereocenters. The fraction of sp³-hybridized carbons (Fsp3) is 0.667. The van der Waals surface area contributed by atoms with Crippen molar-refractivity contribution in [1.82, 2.24) is 9.78 Å². The van der Waals surface area contributed by atoms with Crippen LogP contribution in [0.15, 0.2) is 6.20 Å². The fourth-order valence-corrected chi connectivity index (χ4v) is 2.25. The van der Waals surface area contributed by atoms with Crippen LogP contribution in [0.2, 0.25) is 25.7 Å². The summed E-state index contributed by atoms with van der Waals surface area (Å²) in [6, 6.07) is 0.917. The van der Waals surface area contributed by atoms with Crippen LogP contribution in [0.3, 0.4) is 0 Å². The Morgan fingerprint density at radius 1 is 1.40 bits per heavy atom. The van der Waals surface area contributed by atoms with Gasteiger partial charge in [0.25, 0.3) is 0 Å². The van der Waals surface area contributed by atoms with Crippen LogP contribution in [-0.4, -0.2) is 30.2 Å². The smallest absolute Gasteiger partial charge is 0.360 e. The number of ketones is 1. The molecule has 20 heavy (non-hydrogen) atoms. The van der Waals surface area contributed by atoms with E-state index in [4.69, 9.17) is 4.74 Å². The molecule has 0 spiro atoms. The molecule has 0 fully saturated rings. The summed E-state index contributed by atoms with van der Waals surface area (Å²) >= 11 is 0. The Labute approximate surface area is 116 Å². The summed E-state index contributed by atoms with van der Waals surface area (Å²) in [6.45, 7) is 8.02. The average molecular weight is 308 g/mol. The Bertz CT molecular complexity index is 478. The van der Waals surface area contributed by atoms with Crippen molar-refractivity contribution in [2.45, 2.75) is 45.5 Å². The lowest BCUT2D eigenvalue weighted by Crippen LogP contribution is -2.22. The highest BCUT2D eigenvalue weighted by atomic mass is 28.3. The summed E-state index contributed by atoms with van der Waals surface area (Å²) < 4.78 is 44.4. The minimum atomic E-state index is -4.63. The number of alkyl halides is 3. The molecule has 1 aromatic heterocycles. The molecule has 114 valence electrons. The zero-order chi connectivity index (χ0) is 15.6. The molecule has 1 rings (SSSR count). The fourth-order valence-electron chi connectivity index (χ4n) is 1.49. The lowest BCUT2D eigenvalue weighted by Gasteiger charge is -2.15. The molecule has 0 amide bonds. The van der Waals surface area contributed by atoms with Gasteiger partial charge in [-0.25, -0.2) is 4.68 Å². The molecule has 0 aliphatic rings. The Kier molecular flexibility index (Phi) is 5.14. The molecule has 0 aliphatic carbocycles. The molecular formula is C12H19F3N2O2Si. The van der Waals surface area contributed by atoms with Crippen molar-refractivity contribution in [3.05, 3.63) is 17.5 Å². The van der Waals surface area contributed by atoms with Gasteiger partial charge in [0.05, 0.1) is 5.56 Å². The largest absolute Gasteiger partial charge is 0.435 e. The van der Waals surface area contributed by atoms with Crippen molar-refractivity contribution in [2.24, 2.45) is 0 Å². The third-order valence-electron chi connectivity index (χ3n) is 2.63. The van der Waals surface area contributed by atoms with Gasteiger partial charge in [-0.3, -0.25) is 4.79 Å². The number of Topliss-reactive ketones (excluding diaryl/α,β-unsaturated/α-hetero) is 1. The van der Waals surface area contributed by atoms with Crippen LogP contribution in [0.25, 0.3) is 0 Å². The SMILES string of the molecule is CC(=O)c1cn(COCC[Si](C)(C)C)nc1C(F)(F)F. The summed E-state index contributed by atoms with van der Waals surface area (Å²) in [5.74, 6) is -0.661. The second-order valence-corrected chi connectivity index (χ2v) is 11.5. The second kappa shape index (κ2) is 6.09. The Balaban J connectivity index is 2.71. The summed E-state index contributed by atoms with van der Waals surface area (Å²) in [4.78, 5) is 11.2. The first kappa shape index (κ1) is 16.9. The van der Waals surface area contributed by atoms with Gasteiger partial charge < -0.3 is 4.74 Å². The minimum Gasteiger partial charge on any atom is -0.360 e. The van der Waals surface area contributed by atoms with Gasteiger partial charge in [-0.05, 0) is 13.0 Å². The Morgan fingerprint density at radius 2 is 2.00 bits per heavy atom. The molecule has 1 heterocycles. The van der Waals surface area contributed by atoms with Crippen molar-refractivity contribution in [3.63, 3.8) is 0 Å². The van der Waals surface area contributed by atoms with Gasteiger partial charge >= 0.3 is 6.18 Å². The Morgan fingerprint density at radius 3 is 2.40 bits per heavy atom. The van der Waals surface area contributed by atoms with Gasteiger partial charge in [-0.15, -0.1) is 0 Å². The molecule has 0 saturated carbocycles. The summed E-state index contributed by atoms with van der Waals surface area (Å²) in [7, 11) is -1.24. The molecule has 0 N–H and O–H groups in total. The maximum absolute atomic E-state index is 12.7. The van der Waals surface area contributed by atoms with Crippen LogP contribution in [0.5, 0.6) is 0 Å². The van der Waals surface area contributed by atoms with Gasteiger partial charge in [0.15, 0.2) is 11.5 Å². The average Bonchev–Trinajstić information content (AvgIpc) is 2.67. The molecular weight excluding hydrogens is 289 g/mol. The molecule has 0 aliphatic heterocycles. The Hall–Kier alpha value is -1.15. The van der Waals surface area contributed by atoms with Crippen molar-refractivity contribution in [2.75, 3.05) is 6.61 Å². The first-order chi connectivity index (χ1) is 9.00. The van der Waals surface area contributed by atoms with E-state index in [0.29, 0.717) is 6.61 Å². The van der Waals surface area contributed by atoms with E-state index < -0.39 is 31.3 Å². The quantitative estimate of drug-likeness (QED) is 0.459. The van der Waals surface area contributed by atoms with Crippen molar-refractivity contribution in [3.8, 4) is 0 Å². The number of hydrogen-bond acceptors (Lipinski definition) is 3. The first-order valence-corrected chi connectivity index (χ1v) is 9.95. The number of hydrogen-bond donors (Lipinski definition) is 0. The summed E-state index contributed by atoms with van der Waals surface area (Å²) in [6.07, 6.45) is -3.55. The van der Waals surface area contributed by atoms with Crippen LogP contribution in [0, 0.1) is 0 Å². The van der Waals surface area contributed by atoms with Crippen molar-refractivity contribution in [1.29, 1.82) is 0 Å². The third kappa shape index (κ3) is 5.08. The number of nitrogens with zero attached hydrogens (tertiary/aromatic N) is 2. The van der Waals surface area contributed by atoms with E-state index in [1.54, 1.807) is 0 Å². The molecule has 0 saturated heterocycles. The zero-order valence-corrected chi connectivity index (χ0v) is 13.0. The lowest BCUT2D eigenvalue weighted by molar-refractivity contribution is -0.142. The molecule has 4 nitrogen and oxygen atoms in total. The highest BCUT2D eigenvalue weighted by Gasteiger charge is 2.38. The van der Waals surface area contributed by atoms with E-state index in [2.05, 4.69) is 24.7 Å². The number of halogens is 3. The minimum absolute atomic E-state index is 0.0825. The molecule has 0 bridgehead atoms. The van der Waals surface area contributed by atoms with Crippen LogP contribution in [0.4, 0.5) is 13.2 Å². The van der Waals surface area contributed by atoms with Crippen LogP contribution in [0.1, 0.15) is 23.0 Å². The van der Waals surface area contributed by atoms with E-state index >= 15 is 0 Å².